The van der Waals surface area contributed by atoms with Gasteiger partial charge in [0, 0.05) is 11.4 Å². The van der Waals surface area contributed by atoms with Crippen LogP contribution >= 0.6 is 11.6 Å². The first-order valence-corrected chi connectivity index (χ1v) is 8.09. The van der Waals surface area contributed by atoms with Gasteiger partial charge in [0.05, 0.1) is 23.8 Å². The van der Waals surface area contributed by atoms with Gasteiger partial charge in [-0.3, -0.25) is 0 Å². The largest absolute Gasteiger partial charge is 0.479 e. The Bertz CT molecular complexity index is 930. The van der Waals surface area contributed by atoms with E-state index in [1.165, 1.54) is 0 Å². The molecule has 6 nitrogen and oxygen atoms in total. The fourth-order valence-electron chi connectivity index (χ4n) is 2.47. The number of hydrogen-bond donors (Lipinski definition) is 0. The van der Waals surface area contributed by atoms with Crippen LogP contribution in [0.1, 0.15) is 6.42 Å². The molecule has 4 rings (SSSR count). The minimum atomic E-state index is -0.539. The first-order valence-electron chi connectivity index (χ1n) is 7.71. The normalized spacial score (nSPS) is 16.7. The number of hydrogen-bond acceptors (Lipinski definition) is 6. The number of fused-ring (bicyclic) bond motifs is 1. The minimum Gasteiger partial charge on any atom is -0.479 e. The highest BCUT2D eigenvalue weighted by atomic mass is 35.5. The molecule has 2 heterocycles. The first-order chi connectivity index (χ1) is 12.2. The van der Waals surface area contributed by atoms with Crippen LogP contribution in [0.4, 0.5) is 0 Å². The van der Waals surface area contributed by atoms with Crippen molar-refractivity contribution < 1.29 is 19.0 Å². The summed E-state index contributed by atoms with van der Waals surface area (Å²) in [4.78, 5) is 20.1. The molecule has 0 bridgehead atoms. The molecule has 7 heteroatoms. The Morgan fingerprint density at radius 2 is 1.88 bits per heavy atom. The number of esters is 1. The van der Waals surface area contributed by atoms with E-state index in [9.17, 15) is 4.79 Å². The lowest BCUT2D eigenvalue weighted by molar-refractivity contribution is -0.143. The standard InChI is InChI=1S/C18H13ClN2O4/c19-11-1-6-14-15(9-11)21-17(10-20-14)25-13-4-2-12(3-5-13)24-16-7-8-23-18(16)22/h1-6,9-10,16H,7-8H2/t16-/m0/s1. The average molecular weight is 357 g/mol. The summed E-state index contributed by atoms with van der Waals surface area (Å²) in [5.74, 6) is 1.19. The lowest BCUT2D eigenvalue weighted by Gasteiger charge is -2.10. The summed E-state index contributed by atoms with van der Waals surface area (Å²) in [5, 5.41) is 0.589. The zero-order valence-electron chi connectivity index (χ0n) is 13.0. The van der Waals surface area contributed by atoms with E-state index in [4.69, 9.17) is 25.8 Å². The Morgan fingerprint density at radius 3 is 2.64 bits per heavy atom. The Labute approximate surface area is 148 Å². The number of carbonyl (C=O) groups excluding carboxylic acids is 1. The number of ether oxygens (including phenoxy) is 3. The van der Waals surface area contributed by atoms with Gasteiger partial charge >= 0.3 is 5.97 Å². The van der Waals surface area contributed by atoms with Gasteiger partial charge in [-0.15, -0.1) is 0 Å². The lowest BCUT2D eigenvalue weighted by atomic mass is 10.3. The Hall–Kier alpha value is -2.86. The predicted molar refractivity (Wildman–Crippen MR) is 91.1 cm³/mol. The molecule has 3 aromatic rings. The van der Waals surface area contributed by atoms with Crippen LogP contribution in [-0.2, 0) is 9.53 Å². The Kier molecular flexibility index (Phi) is 4.11. The maximum absolute atomic E-state index is 11.4. The molecular formula is C18H13ClN2O4. The Morgan fingerprint density at radius 1 is 1.08 bits per heavy atom. The lowest BCUT2D eigenvalue weighted by Crippen LogP contribution is -2.21. The van der Waals surface area contributed by atoms with E-state index in [0.29, 0.717) is 40.9 Å². The van der Waals surface area contributed by atoms with Gasteiger partial charge in [0.1, 0.15) is 11.5 Å². The van der Waals surface area contributed by atoms with Crippen LogP contribution in [0.5, 0.6) is 17.4 Å². The molecule has 1 aliphatic heterocycles. The summed E-state index contributed by atoms with van der Waals surface area (Å²) in [6.07, 6.45) is 1.57. The van der Waals surface area contributed by atoms with Crippen molar-refractivity contribution in [2.45, 2.75) is 12.5 Å². The summed E-state index contributed by atoms with van der Waals surface area (Å²) in [7, 11) is 0. The van der Waals surface area contributed by atoms with E-state index < -0.39 is 6.10 Å². The van der Waals surface area contributed by atoms with Crippen molar-refractivity contribution in [3.63, 3.8) is 0 Å². The number of rotatable bonds is 4. The maximum atomic E-state index is 11.4. The van der Waals surface area contributed by atoms with E-state index in [1.807, 2.05) is 0 Å². The fourth-order valence-corrected chi connectivity index (χ4v) is 2.64. The molecule has 1 fully saturated rings. The number of aromatic nitrogens is 2. The third kappa shape index (κ3) is 3.49. The Balaban J connectivity index is 1.48. The highest BCUT2D eigenvalue weighted by Crippen LogP contribution is 2.25. The van der Waals surface area contributed by atoms with Crippen molar-refractivity contribution in [1.29, 1.82) is 0 Å². The van der Waals surface area contributed by atoms with Crippen LogP contribution in [0.3, 0.4) is 0 Å². The van der Waals surface area contributed by atoms with Crippen LogP contribution in [0.25, 0.3) is 11.0 Å². The van der Waals surface area contributed by atoms with Crippen molar-refractivity contribution >= 4 is 28.6 Å². The summed E-state index contributed by atoms with van der Waals surface area (Å²) in [6.45, 7) is 0.398. The zero-order chi connectivity index (χ0) is 17.2. The molecule has 126 valence electrons. The first kappa shape index (κ1) is 15.7. The topological polar surface area (TPSA) is 70.5 Å². The van der Waals surface area contributed by atoms with Gasteiger partial charge in [-0.05, 0) is 42.5 Å². The molecule has 1 aromatic heterocycles. The van der Waals surface area contributed by atoms with Crippen LogP contribution in [0, 0.1) is 0 Å². The second-order valence-electron chi connectivity index (χ2n) is 5.48. The van der Waals surface area contributed by atoms with E-state index in [2.05, 4.69) is 9.97 Å². The SMILES string of the molecule is O=C1OCC[C@@H]1Oc1ccc(Oc2cnc3ccc(Cl)cc3n2)cc1. The molecule has 0 spiro atoms. The van der Waals surface area contributed by atoms with Crippen LogP contribution in [0.2, 0.25) is 5.02 Å². The highest BCUT2D eigenvalue weighted by Gasteiger charge is 2.28. The molecular weight excluding hydrogens is 344 g/mol. The highest BCUT2D eigenvalue weighted by molar-refractivity contribution is 6.31. The van der Waals surface area contributed by atoms with Gasteiger partial charge in [-0.2, -0.15) is 0 Å². The molecule has 1 atom stereocenters. The van der Waals surface area contributed by atoms with Crippen molar-refractivity contribution in [1.82, 2.24) is 9.97 Å². The second kappa shape index (κ2) is 6.57. The van der Waals surface area contributed by atoms with Crippen molar-refractivity contribution in [2.24, 2.45) is 0 Å². The molecule has 0 aliphatic carbocycles. The minimum absolute atomic E-state index is 0.328. The van der Waals surface area contributed by atoms with Gasteiger partial charge < -0.3 is 14.2 Å². The predicted octanol–water partition coefficient (Wildman–Crippen LogP) is 3.77. The van der Waals surface area contributed by atoms with Crippen LogP contribution < -0.4 is 9.47 Å². The molecule has 0 N–H and O–H groups in total. The number of halogens is 1. The van der Waals surface area contributed by atoms with E-state index in [0.717, 1.165) is 5.52 Å². The molecule has 0 amide bonds. The maximum Gasteiger partial charge on any atom is 0.347 e. The fraction of sp³-hybridized carbons (Fsp3) is 0.167. The zero-order valence-corrected chi connectivity index (χ0v) is 13.8. The van der Waals surface area contributed by atoms with E-state index >= 15 is 0 Å². The molecule has 1 aliphatic rings. The van der Waals surface area contributed by atoms with Crippen LogP contribution in [-0.4, -0.2) is 28.6 Å². The summed E-state index contributed by atoms with van der Waals surface area (Å²) in [6, 6.07) is 12.2. The summed E-state index contributed by atoms with van der Waals surface area (Å²) in [5.41, 5.74) is 1.40. The van der Waals surface area contributed by atoms with Crippen molar-refractivity contribution in [3.05, 3.63) is 53.7 Å². The third-order valence-electron chi connectivity index (χ3n) is 3.69. The molecule has 1 saturated heterocycles. The van der Waals surface area contributed by atoms with Crippen molar-refractivity contribution in [3.8, 4) is 17.4 Å². The van der Waals surface area contributed by atoms with E-state index in [-0.39, 0.29) is 5.97 Å². The molecule has 2 aromatic carbocycles. The summed E-state index contributed by atoms with van der Waals surface area (Å²) >= 11 is 5.97. The van der Waals surface area contributed by atoms with Gasteiger partial charge in [-0.1, -0.05) is 11.6 Å². The smallest absolute Gasteiger partial charge is 0.347 e. The van der Waals surface area contributed by atoms with Gasteiger partial charge in [0.15, 0.2) is 6.10 Å². The monoisotopic (exact) mass is 356 g/mol. The number of benzene rings is 2. The van der Waals surface area contributed by atoms with Crippen molar-refractivity contribution in [2.75, 3.05) is 6.61 Å². The molecule has 25 heavy (non-hydrogen) atoms. The number of carbonyl (C=O) groups is 1. The number of nitrogens with zero attached hydrogens (tertiary/aromatic N) is 2. The van der Waals surface area contributed by atoms with Gasteiger partial charge in [0.25, 0.3) is 0 Å². The molecule has 0 unspecified atom stereocenters. The van der Waals surface area contributed by atoms with E-state index in [1.54, 1.807) is 48.7 Å². The average Bonchev–Trinajstić information content (AvgIpc) is 3.01. The summed E-state index contributed by atoms with van der Waals surface area (Å²) < 4.78 is 16.2. The molecule has 0 radical (unpaired) electrons. The molecule has 0 saturated carbocycles. The quantitative estimate of drug-likeness (QED) is 0.663. The second-order valence-corrected chi connectivity index (χ2v) is 5.91. The number of cyclic esters (lactones) is 1. The van der Waals surface area contributed by atoms with Gasteiger partial charge in [0.2, 0.25) is 5.88 Å². The van der Waals surface area contributed by atoms with Gasteiger partial charge in [-0.25, -0.2) is 14.8 Å². The third-order valence-corrected chi connectivity index (χ3v) is 3.93. The van der Waals surface area contributed by atoms with Crippen LogP contribution in [0.15, 0.2) is 48.7 Å².